The van der Waals surface area contributed by atoms with E-state index in [0.29, 0.717) is 10.5 Å². The molecular formula is C25H27N5O10S. The van der Waals surface area contributed by atoms with Crippen molar-refractivity contribution in [2.45, 2.75) is 29.6 Å². The van der Waals surface area contributed by atoms with E-state index in [-0.39, 0.29) is 42.2 Å². The molecule has 1 unspecified atom stereocenters. The molecule has 0 radical (unpaired) electrons. The number of hydrogen-bond donors (Lipinski definition) is 6. The number of rotatable bonds is 9. The summed E-state index contributed by atoms with van der Waals surface area (Å²) >= 11 is 0. The number of fused-ring (bicyclic) bond motifs is 1. The number of β-lactam (4-membered cyclic amide) rings is 1. The number of carbonyl (C=O) groups is 4. The van der Waals surface area contributed by atoms with Gasteiger partial charge >= 0.3 is 12.1 Å². The molecule has 0 aliphatic carbocycles. The Hall–Kier alpha value is -4.70. The van der Waals surface area contributed by atoms with Crippen molar-refractivity contribution >= 4 is 39.8 Å². The number of hydrogen-bond acceptors (Lipinski definition) is 11. The summed E-state index contributed by atoms with van der Waals surface area (Å²) < 4.78 is 30.1. The number of nitrogens with two attached hydrogens (primary N) is 1. The standard InChI is InChI=1S/C25H27N5O10S/c1-25(12-40-24(37)29-11-13-2-3-17(31)18(32)8-13)19(23(35)36)30-21(34)16(22(30)41(25,38)39)10-15-9-14(4-6-27-15)20(33)28-7-5-26/h2-4,6,8-10,19,22,31-32H,5,7,11-12,26H2,1H3,(H,28,33)(H,29,37)(H,35,36)/b16-10-/t19-,22?,25-/m0/s1. The predicted molar refractivity (Wildman–Crippen MR) is 141 cm³/mol. The lowest BCUT2D eigenvalue weighted by Gasteiger charge is -2.37. The first kappa shape index (κ1) is 29.3. The van der Waals surface area contributed by atoms with E-state index < -0.39 is 62.2 Å². The molecule has 2 aliphatic heterocycles. The van der Waals surface area contributed by atoms with Crippen LogP contribution in [0.1, 0.15) is 28.5 Å². The van der Waals surface area contributed by atoms with Crippen LogP contribution in [0.25, 0.3) is 6.08 Å². The number of amides is 3. The number of nitrogens with zero attached hydrogens (tertiary/aromatic N) is 2. The minimum atomic E-state index is -4.47. The van der Waals surface area contributed by atoms with E-state index in [0.717, 1.165) is 6.92 Å². The zero-order chi connectivity index (χ0) is 30.1. The highest BCUT2D eigenvalue weighted by Crippen LogP contribution is 2.49. The smallest absolute Gasteiger partial charge is 0.407 e. The lowest BCUT2D eigenvalue weighted by Crippen LogP contribution is -2.59. The van der Waals surface area contributed by atoms with E-state index in [9.17, 15) is 42.9 Å². The molecule has 218 valence electrons. The van der Waals surface area contributed by atoms with Crippen molar-refractivity contribution in [1.82, 2.24) is 20.5 Å². The number of carbonyl (C=O) groups excluding carboxylic acids is 3. The van der Waals surface area contributed by atoms with E-state index >= 15 is 0 Å². The second-order valence-electron chi connectivity index (χ2n) is 9.53. The Morgan fingerprint density at radius 2 is 1.90 bits per heavy atom. The van der Waals surface area contributed by atoms with E-state index in [1.54, 1.807) is 0 Å². The maximum Gasteiger partial charge on any atom is 0.407 e. The molecule has 0 spiro atoms. The number of aromatic hydroxyl groups is 2. The van der Waals surface area contributed by atoms with Gasteiger partial charge in [0.1, 0.15) is 11.4 Å². The first-order chi connectivity index (χ1) is 19.3. The third-order valence-electron chi connectivity index (χ3n) is 6.78. The fourth-order valence-corrected chi connectivity index (χ4v) is 6.90. The average Bonchev–Trinajstić information content (AvgIpc) is 3.10. The van der Waals surface area contributed by atoms with Crippen molar-refractivity contribution < 1.29 is 47.7 Å². The van der Waals surface area contributed by atoms with Gasteiger partial charge in [0.15, 0.2) is 32.8 Å². The summed E-state index contributed by atoms with van der Waals surface area (Å²) in [5.74, 6) is -3.69. The van der Waals surface area contributed by atoms with Crippen LogP contribution in [0, 0.1) is 0 Å². The van der Waals surface area contributed by atoms with Gasteiger partial charge in [-0.15, -0.1) is 0 Å². The number of pyridine rings is 1. The van der Waals surface area contributed by atoms with Gasteiger partial charge in [-0.2, -0.15) is 0 Å². The van der Waals surface area contributed by atoms with E-state index in [1.165, 1.54) is 42.6 Å². The Bertz CT molecular complexity index is 1560. The third-order valence-corrected chi connectivity index (χ3v) is 9.49. The maximum absolute atomic E-state index is 13.6. The summed E-state index contributed by atoms with van der Waals surface area (Å²) in [6.07, 6.45) is 1.39. The maximum atomic E-state index is 13.6. The van der Waals surface area contributed by atoms with E-state index in [1.807, 2.05) is 0 Å². The van der Waals surface area contributed by atoms with Crippen molar-refractivity contribution in [3.63, 3.8) is 0 Å². The van der Waals surface area contributed by atoms with Gasteiger partial charge in [-0.3, -0.25) is 14.6 Å². The van der Waals surface area contributed by atoms with Crippen LogP contribution in [0.5, 0.6) is 11.5 Å². The topological polar surface area (TPSA) is 239 Å². The van der Waals surface area contributed by atoms with Gasteiger partial charge in [0.25, 0.3) is 11.8 Å². The molecule has 3 heterocycles. The van der Waals surface area contributed by atoms with Crippen molar-refractivity contribution in [2.24, 2.45) is 5.73 Å². The molecule has 16 heteroatoms. The van der Waals surface area contributed by atoms with Crippen molar-refractivity contribution in [3.05, 3.63) is 58.9 Å². The van der Waals surface area contributed by atoms with Crippen LogP contribution >= 0.6 is 0 Å². The molecule has 3 amide bonds. The number of alkyl carbamates (subject to hydrolysis) is 1. The number of aromatic nitrogens is 1. The number of phenols is 2. The van der Waals surface area contributed by atoms with Gasteiger partial charge < -0.3 is 41.3 Å². The molecule has 7 N–H and O–H groups in total. The van der Waals surface area contributed by atoms with Crippen LogP contribution < -0.4 is 16.4 Å². The summed E-state index contributed by atoms with van der Waals surface area (Å²) in [5, 5.41) is 32.1. The van der Waals surface area contributed by atoms with Gasteiger partial charge in [0.2, 0.25) is 0 Å². The molecule has 15 nitrogen and oxygen atoms in total. The fourth-order valence-electron chi connectivity index (χ4n) is 4.62. The highest BCUT2D eigenvalue weighted by atomic mass is 32.2. The number of benzene rings is 1. The van der Waals surface area contributed by atoms with E-state index in [2.05, 4.69) is 15.6 Å². The first-order valence-corrected chi connectivity index (χ1v) is 13.7. The Morgan fingerprint density at radius 1 is 1.17 bits per heavy atom. The van der Waals surface area contributed by atoms with Crippen LogP contribution in [0.3, 0.4) is 0 Å². The number of aliphatic carboxylic acids is 1. The lowest BCUT2D eigenvalue weighted by atomic mass is 9.94. The number of phenolic OH excluding ortho intramolecular Hbond substituents is 2. The number of carboxylic acids is 1. The molecule has 0 saturated carbocycles. The minimum absolute atomic E-state index is 0.0972. The van der Waals surface area contributed by atoms with E-state index in [4.69, 9.17) is 10.5 Å². The Balaban J connectivity index is 1.53. The fraction of sp³-hybridized carbons (Fsp3) is 0.320. The molecular weight excluding hydrogens is 562 g/mol. The normalized spacial score (nSPS) is 23.4. The van der Waals surface area contributed by atoms with Gasteiger partial charge in [-0.25, -0.2) is 18.0 Å². The lowest BCUT2D eigenvalue weighted by molar-refractivity contribution is -0.153. The summed E-state index contributed by atoms with van der Waals surface area (Å²) in [5.41, 5.74) is 5.81. The molecule has 1 aromatic carbocycles. The number of carboxylic acid groups (broad SMARTS) is 1. The molecule has 1 aromatic heterocycles. The molecule has 0 bridgehead atoms. The minimum Gasteiger partial charge on any atom is -0.504 e. The first-order valence-electron chi connectivity index (χ1n) is 12.2. The Labute approximate surface area is 233 Å². The zero-order valence-electron chi connectivity index (χ0n) is 21.6. The Morgan fingerprint density at radius 3 is 2.56 bits per heavy atom. The Kier molecular flexibility index (Phi) is 7.89. The van der Waals surface area contributed by atoms with Crippen molar-refractivity contribution in [3.8, 4) is 11.5 Å². The number of nitrogens with one attached hydrogen (secondary N) is 2. The molecule has 2 fully saturated rings. The quantitative estimate of drug-likeness (QED) is 0.121. The summed E-state index contributed by atoms with van der Waals surface area (Å²) in [6.45, 7) is 0.475. The SMILES string of the molecule is C[C@]1(COC(=O)NCc2ccc(O)c(O)c2)[C@H](C(=O)O)N2C(=O)/C(=C/c3cc(C(=O)NCCN)ccn3)C2S1(=O)=O. The molecule has 2 aromatic rings. The van der Waals surface area contributed by atoms with Crippen molar-refractivity contribution in [1.29, 1.82) is 0 Å². The molecule has 2 aliphatic rings. The average molecular weight is 590 g/mol. The van der Waals surface area contributed by atoms with Gasteiger partial charge in [0, 0.05) is 31.4 Å². The van der Waals surface area contributed by atoms with Crippen LogP contribution in [0.2, 0.25) is 0 Å². The molecule has 2 saturated heterocycles. The largest absolute Gasteiger partial charge is 0.504 e. The summed E-state index contributed by atoms with van der Waals surface area (Å²) in [6, 6.07) is 4.71. The molecule has 4 rings (SSSR count). The van der Waals surface area contributed by atoms with Gasteiger partial charge in [0.05, 0.1) is 11.3 Å². The second kappa shape index (κ2) is 11.1. The molecule has 41 heavy (non-hydrogen) atoms. The highest BCUT2D eigenvalue weighted by Gasteiger charge is 2.72. The van der Waals surface area contributed by atoms with Gasteiger partial charge in [-0.1, -0.05) is 6.07 Å². The molecule has 3 atom stereocenters. The van der Waals surface area contributed by atoms with Crippen LogP contribution in [0.4, 0.5) is 4.79 Å². The highest BCUT2D eigenvalue weighted by molar-refractivity contribution is 7.94. The van der Waals surface area contributed by atoms with Crippen LogP contribution in [0.15, 0.2) is 42.1 Å². The van der Waals surface area contributed by atoms with Crippen LogP contribution in [-0.4, -0.2) is 93.4 Å². The number of ether oxygens (including phenoxy) is 1. The summed E-state index contributed by atoms with van der Waals surface area (Å²) in [7, 11) is -4.47. The monoisotopic (exact) mass is 589 g/mol. The van der Waals surface area contributed by atoms with Crippen molar-refractivity contribution in [2.75, 3.05) is 19.7 Å². The van der Waals surface area contributed by atoms with Gasteiger partial charge in [-0.05, 0) is 42.8 Å². The predicted octanol–water partition coefficient (Wildman–Crippen LogP) is -0.700. The number of sulfone groups is 1. The second-order valence-corrected chi connectivity index (χ2v) is 12.0. The third kappa shape index (κ3) is 5.26. The van der Waals surface area contributed by atoms with Crippen LogP contribution in [-0.2, 0) is 30.7 Å². The summed E-state index contributed by atoms with van der Waals surface area (Å²) in [4.78, 5) is 54.5. The zero-order valence-corrected chi connectivity index (χ0v) is 22.4.